The summed E-state index contributed by atoms with van der Waals surface area (Å²) in [7, 11) is 0. The first-order valence-electron chi connectivity index (χ1n) is 5.26. The van der Waals surface area contributed by atoms with Crippen molar-refractivity contribution in [3.8, 4) is 0 Å². The predicted octanol–water partition coefficient (Wildman–Crippen LogP) is 2.39. The number of hydrogen-bond donors (Lipinski definition) is 2. The van der Waals surface area contributed by atoms with Crippen molar-refractivity contribution in [2.75, 3.05) is 5.32 Å². The van der Waals surface area contributed by atoms with Crippen LogP contribution in [0.3, 0.4) is 0 Å². The standard InChI is InChI=1S/C9H11F3N4OS/c1-8(5-2-3-5,9(10,11)12)15-7(17)14-6-4-13-16-18-6/h4-5H,2-3H2,1H3,(H2,14,15,17). The number of nitrogens with zero attached hydrogens (tertiary/aromatic N) is 2. The van der Waals surface area contributed by atoms with Crippen LogP contribution in [0.25, 0.3) is 0 Å². The number of hydrogen-bond acceptors (Lipinski definition) is 4. The number of anilines is 1. The molecule has 1 aromatic rings. The zero-order chi connectivity index (χ0) is 13.4. The lowest BCUT2D eigenvalue weighted by molar-refractivity contribution is -0.193. The van der Waals surface area contributed by atoms with Gasteiger partial charge in [0.15, 0.2) is 0 Å². The fraction of sp³-hybridized carbons (Fsp3) is 0.667. The summed E-state index contributed by atoms with van der Waals surface area (Å²) in [5.41, 5.74) is -2.19. The van der Waals surface area contributed by atoms with Crippen molar-refractivity contribution < 1.29 is 18.0 Å². The van der Waals surface area contributed by atoms with Gasteiger partial charge in [-0.25, -0.2) is 4.79 Å². The summed E-state index contributed by atoms with van der Waals surface area (Å²) in [4.78, 5) is 11.5. The molecule has 1 aromatic heterocycles. The number of aromatic nitrogens is 2. The fourth-order valence-corrected chi connectivity index (χ4v) is 2.08. The van der Waals surface area contributed by atoms with E-state index in [1.165, 1.54) is 6.20 Å². The highest BCUT2D eigenvalue weighted by atomic mass is 32.1. The number of carbonyl (C=O) groups excluding carboxylic acids is 1. The fourth-order valence-electron chi connectivity index (χ4n) is 1.67. The Morgan fingerprint density at radius 1 is 1.50 bits per heavy atom. The number of nitrogens with one attached hydrogen (secondary N) is 2. The Kier molecular flexibility index (Phi) is 3.18. The molecule has 0 radical (unpaired) electrons. The van der Waals surface area contributed by atoms with Gasteiger partial charge in [-0.1, -0.05) is 4.49 Å². The third-order valence-electron chi connectivity index (χ3n) is 2.95. The first-order chi connectivity index (χ1) is 8.33. The van der Waals surface area contributed by atoms with Crippen LogP contribution >= 0.6 is 11.5 Å². The summed E-state index contributed by atoms with van der Waals surface area (Å²) in [5, 5.41) is 8.06. The second-order valence-corrected chi connectivity index (χ2v) is 5.12. The number of urea groups is 1. The van der Waals surface area contributed by atoms with Crippen LogP contribution in [0.2, 0.25) is 0 Å². The van der Waals surface area contributed by atoms with Crippen molar-refractivity contribution >= 4 is 22.6 Å². The van der Waals surface area contributed by atoms with E-state index in [4.69, 9.17) is 0 Å². The minimum absolute atomic E-state index is 0.299. The van der Waals surface area contributed by atoms with Crippen molar-refractivity contribution in [1.29, 1.82) is 0 Å². The van der Waals surface area contributed by atoms with Crippen molar-refractivity contribution in [2.24, 2.45) is 5.92 Å². The maximum Gasteiger partial charge on any atom is 0.411 e. The quantitative estimate of drug-likeness (QED) is 0.893. The number of rotatable bonds is 3. The Morgan fingerprint density at radius 3 is 2.61 bits per heavy atom. The highest BCUT2D eigenvalue weighted by Crippen LogP contribution is 2.47. The van der Waals surface area contributed by atoms with Gasteiger partial charge in [0.05, 0.1) is 6.20 Å². The van der Waals surface area contributed by atoms with Crippen molar-refractivity contribution in [2.45, 2.75) is 31.5 Å². The second kappa shape index (κ2) is 4.38. The van der Waals surface area contributed by atoms with E-state index in [0.29, 0.717) is 17.8 Å². The van der Waals surface area contributed by atoms with Gasteiger partial charge in [-0.05, 0) is 25.7 Å². The van der Waals surface area contributed by atoms with Crippen LogP contribution in [0.15, 0.2) is 6.20 Å². The first kappa shape index (κ1) is 13.1. The van der Waals surface area contributed by atoms with Crippen LogP contribution in [0.4, 0.5) is 23.0 Å². The van der Waals surface area contributed by atoms with Gasteiger partial charge in [-0.15, -0.1) is 5.10 Å². The van der Waals surface area contributed by atoms with Gasteiger partial charge in [0, 0.05) is 11.5 Å². The smallest absolute Gasteiger partial charge is 0.323 e. The molecule has 2 N–H and O–H groups in total. The molecule has 1 unspecified atom stereocenters. The lowest BCUT2D eigenvalue weighted by Gasteiger charge is -2.33. The second-order valence-electron chi connectivity index (χ2n) is 4.34. The summed E-state index contributed by atoms with van der Waals surface area (Å²) in [6.07, 6.45) is -2.26. The molecule has 1 fully saturated rings. The largest absolute Gasteiger partial charge is 0.411 e. The van der Waals surface area contributed by atoms with E-state index in [-0.39, 0.29) is 0 Å². The zero-order valence-electron chi connectivity index (χ0n) is 9.41. The lowest BCUT2D eigenvalue weighted by Crippen LogP contribution is -2.59. The third-order valence-corrected chi connectivity index (χ3v) is 3.53. The van der Waals surface area contributed by atoms with Crippen LogP contribution in [0, 0.1) is 5.92 Å². The number of amides is 2. The maximum absolute atomic E-state index is 13.0. The summed E-state index contributed by atoms with van der Waals surface area (Å²) < 4.78 is 42.4. The Bertz CT molecular complexity index is 432. The van der Waals surface area contributed by atoms with E-state index in [1.807, 2.05) is 5.32 Å². The molecular weight excluding hydrogens is 269 g/mol. The molecule has 100 valence electrons. The van der Waals surface area contributed by atoms with Gasteiger partial charge in [0.25, 0.3) is 0 Å². The predicted molar refractivity (Wildman–Crippen MR) is 59.2 cm³/mol. The van der Waals surface area contributed by atoms with Gasteiger partial charge in [-0.2, -0.15) is 13.2 Å². The average Bonchev–Trinajstić information content (AvgIpc) is 2.98. The highest BCUT2D eigenvalue weighted by Gasteiger charge is 2.60. The molecule has 1 heterocycles. The Hall–Kier alpha value is -1.38. The van der Waals surface area contributed by atoms with E-state index in [9.17, 15) is 18.0 Å². The van der Waals surface area contributed by atoms with E-state index in [2.05, 4.69) is 14.9 Å². The molecule has 0 saturated heterocycles. The van der Waals surface area contributed by atoms with Crippen LogP contribution in [-0.2, 0) is 0 Å². The third kappa shape index (κ3) is 2.55. The van der Waals surface area contributed by atoms with E-state index in [0.717, 1.165) is 18.5 Å². The molecule has 1 aliphatic rings. The molecule has 18 heavy (non-hydrogen) atoms. The van der Waals surface area contributed by atoms with Crippen LogP contribution in [-0.4, -0.2) is 27.3 Å². The van der Waals surface area contributed by atoms with Crippen LogP contribution in [0.1, 0.15) is 19.8 Å². The molecular formula is C9H11F3N4OS. The minimum Gasteiger partial charge on any atom is -0.323 e. The van der Waals surface area contributed by atoms with Gasteiger partial charge in [0.2, 0.25) is 0 Å². The molecule has 5 nitrogen and oxygen atoms in total. The average molecular weight is 280 g/mol. The van der Waals surface area contributed by atoms with Gasteiger partial charge in [-0.3, -0.25) is 5.32 Å². The number of carbonyl (C=O) groups is 1. The van der Waals surface area contributed by atoms with Crippen molar-refractivity contribution in [1.82, 2.24) is 14.9 Å². The first-order valence-corrected chi connectivity index (χ1v) is 6.03. The monoisotopic (exact) mass is 280 g/mol. The van der Waals surface area contributed by atoms with Crippen LogP contribution < -0.4 is 10.6 Å². The highest BCUT2D eigenvalue weighted by molar-refractivity contribution is 7.10. The molecule has 2 rings (SSSR count). The number of halogens is 3. The molecule has 1 aliphatic carbocycles. The summed E-state index contributed by atoms with van der Waals surface area (Å²) >= 11 is 0.894. The van der Waals surface area contributed by atoms with Gasteiger partial charge < -0.3 is 5.32 Å². The van der Waals surface area contributed by atoms with Crippen molar-refractivity contribution in [3.63, 3.8) is 0 Å². The Morgan fingerprint density at radius 2 is 2.17 bits per heavy atom. The molecule has 1 atom stereocenters. The van der Waals surface area contributed by atoms with Crippen molar-refractivity contribution in [3.05, 3.63) is 6.20 Å². The molecule has 0 aliphatic heterocycles. The normalized spacial score (nSPS) is 19.1. The van der Waals surface area contributed by atoms with Gasteiger partial charge in [0.1, 0.15) is 10.5 Å². The Balaban J connectivity index is 2.03. The SMILES string of the molecule is CC(NC(=O)Nc1cnns1)(C1CC1)C(F)(F)F. The van der Waals surface area contributed by atoms with E-state index < -0.39 is 23.7 Å². The number of alkyl halides is 3. The van der Waals surface area contributed by atoms with Gasteiger partial charge >= 0.3 is 12.2 Å². The molecule has 1 saturated carbocycles. The zero-order valence-corrected chi connectivity index (χ0v) is 10.2. The summed E-state index contributed by atoms with van der Waals surface area (Å²) in [6, 6.07) is -0.896. The maximum atomic E-state index is 13.0. The molecule has 0 bridgehead atoms. The van der Waals surface area contributed by atoms with Crippen LogP contribution in [0.5, 0.6) is 0 Å². The lowest BCUT2D eigenvalue weighted by atomic mass is 9.95. The molecule has 0 spiro atoms. The Labute approximate surface area is 105 Å². The van der Waals surface area contributed by atoms with E-state index >= 15 is 0 Å². The molecule has 2 amide bonds. The molecule has 9 heteroatoms. The summed E-state index contributed by atoms with van der Waals surface area (Å²) in [5.74, 6) is -0.553. The molecule has 0 aromatic carbocycles. The minimum atomic E-state index is -4.47. The topological polar surface area (TPSA) is 66.9 Å². The summed E-state index contributed by atoms with van der Waals surface area (Å²) in [6.45, 7) is 1.01. The van der Waals surface area contributed by atoms with E-state index in [1.54, 1.807) is 0 Å².